The zero-order valence-electron chi connectivity index (χ0n) is 56.4. The fourth-order valence-electron chi connectivity index (χ4n) is 34.2. The number of esters is 1. The molecule has 0 heterocycles. The third-order valence-electron chi connectivity index (χ3n) is 34.6. The molecule has 5 aromatic rings. The van der Waals surface area contributed by atoms with E-state index in [0.717, 1.165) is 166 Å². The number of hydrogen-bond acceptors (Lipinski definition) is 4. The first-order chi connectivity index (χ1) is 44.1. The lowest BCUT2D eigenvalue weighted by Gasteiger charge is -2.62. The van der Waals surface area contributed by atoms with E-state index in [1.807, 2.05) is 5.57 Å². The van der Waals surface area contributed by atoms with Crippen LogP contribution >= 0.6 is 0 Å². The quantitative estimate of drug-likeness (QED) is 0.0869. The number of nitrogens with zero attached hydrogens (tertiary/aromatic N) is 2. The first-order valence-electron chi connectivity index (χ1n) is 38.0. The van der Waals surface area contributed by atoms with Crippen molar-refractivity contribution < 1.29 is 9.53 Å². The number of benzene rings is 5. The van der Waals surface area contributed by atoms with Gasteiger partial charge in [0.15, 0.2) is 0 Å². The lowest BCUT2D eigenvalue weighted by molar-refractivity contribution is -0.150. The van der Waals surface area contributed by atoms with E-state index in [1.165, 1.54) is 92.3 Å². The third-order valence-corrected chi connectivity index (χ3v) is 34.6. The standard InChI is InChI=1S/C87H100N2O2/c1-39(2)48(11)91-61(90)29-28-44(7)86(80-45(8)83(88(57-24-16-12-20-40(57)3)58-25-17-13-21-41(58)4)47(10)84(46(80)9)89(59-26-18-14-22-42(59)5)60-27-19-15-23-43(60)6)85-37-55-35-53-33-51-31-49-30-50-32-52-34-54-36-56(38-85)69-65(54)73-67(52)71-63(50)62(49)70-66(51)72-64(53)68(55)81-78-76(72)74(70)75(71)77(73)79(78)82(69)87(81,85)86/h12-27,37,39,44,48-54,56,62-79,81-82H,28-36,38H2,1-11H3. The van der Waals surface area contributed by atoms with Crippen LogP contribution in [-0.4, -0.2) is 12.1 Å². The van der Waals surface area contributed by atoms with Crippen molar-refractivity contribution in [3.05, 3.63) is 153 Å². The van der Waals surface area contributed by atoms with Crippen LogP contribution in [0.25, 0.3) is 0 Å². The lowest BCUT2D eigenvalue weighted by atomic mass is 9.43. The Kier molecular flexibility index (Phi) is 10.4. The molecule has 0 radical (unpaired) electrons. The van der Waals surface area contributed by atoms with E-state index in [0.29, 0.717) is 6.42 Å². The molecule has 0 amide bonds. The zero-order chi connectivity index (χ0) is 61.0. The average molecular weight is 1210 g/mol. The number of ether oxygens (including phenoxy) is 1. The summed E-state index contributed by atoms with van der Waals surface area (Å²) in [5.74, 6) is 26.3. The minimum absolute atomic E-state index is 0.0140. The molecule has 32 unspecified atom stereocenters. The predicted molar refractivity (Wildman–Crippen MR) is 364 cm³/mol. The topological polar surface area (TPSA) is 32.8 Å². The number of anilines is 6. The molecule has 470 valence electrons. The summed E-state index contributed by atoms with van der Waals surface area (Å²) in [6.45, 7) is 26.8. The monoisotopic (exact) mass is 1200 g/mol. The van der Waals surface area contributed by atoms with Gasteiger partial charge in [0.1, 0.15) is 6.10 Å². The highest BCUT2D eigenvalue weighted by molar-refractivity contribution is 5.94. The van der Waals surface area contributed by atoms with Crippen molar-refractivity contribution in [1.29, 1.82) is 0 Å². The molecule has 1 spiro atoms. The highest BCUT2D eigenvalue weighted by Gasteiger charge is 3.02. The molecule has 0 N–H and O–H groups in total. The van der Waals surface area contributed by atoms with Crippen LogP contribution in [0.2, 0.25) is 0 Å². The van der Waals surface area contributed by atoms with Gasteiger partial charge in [-0.15, -0.1) is 0 Å². The summed E-state index contributed by atoms with van der Waals surface area (Å²) >= 11 is 0. The molecule has 17 aliphatic carbocycles. The minimum Gasteiger partial charge on any atom is -0.462 e. The van der Waals surface area contributed by atoms with E-state index < -0.39 is 0 Å². The van der Waals surface area contributed by atoms with Gasteiger partial charge in [-0.2, -0.15) is 0 Å². The van der Waals surface area contributed by atoms with E-state index in [1.54, 1.807) is 37.7 Å². The Morgan fingerprint density at radius 2 is 0.857 bits per heavy atom. The molecule has 0 saturated heterocycles. The Balaban J connectivity index is 0.876. The molecule has 22 rings (SSSR count). The second-order valence-corrected chi connectivity index (χ2v) is 36.5. The Hall–Kier alpha value is -5.09. The summed E-state index contributed by atoms with van der Waals surface area (Å²) in [5.41, 5.74) is 21.2. The Morgan fingerprint density at radius 3 is 1.33 bits per heavy atom. The van der Waals surface area contributed by atoms with Crippen LogP contribution in [0.5, 0.6) is 0 Å². The van der Waals surface area contributed by atoms with Gasteiger partial charge >= 0.3 is 5.97 Å². The Morgan fingerprint density at radius 1 is 0.462 bits per heavy atom. The van der Waals surface area contributed by atoms with Gasteiger partial charge in [-0.25, -0.2) is 0 Å². The first kappa shape index (κ1) is 54.2. The normalized spacial score (nSPS) is 48.0. The molecular formula is C87H100N2O2. The van der Waals surface area contributed by atoms with Gasteiger partial charge in [0.2, 0.25) is 0 Å². The zero-order valence-corrected chi connectivity index (χ0v) is 56.4. The van der Waals surface area contributed by atoms with Crippen LogP contribution in [-0.2, 0) is 14.9 Å². The molecule has 4 heteroatoms. The second-order valence-electron chi connectivity index (χ2n) is 36.5. The van der Waals surface area contributed by atoms with E-state index in [4.69, 9.17) is 4.74 Å². The van der Waals surface area contributed by atoms with Crippen molar-refractivity contribution in [2.24, 2.45) is 182 Å². The Labute approximate surface area is 543 Å². The highest BCUT2D eigenvalue weighted by atomic mass is 16.5. The number of carbonyl (C=O) groups excluding carboxylic acids is 1. The summed E-state index contributed by atoms with van der Waals surface area (Å²) in [4.78, 5) is 20.6. The van der Waals surface area contributed by atoms with Gasteiger partial charge in [0, 0.05) is 40.0 Å². The van der Waals surface area contributed by atoms with Crippen molar-refractivity contribution in [1.82, 2.24) is 0 Å². The average Bonchev–Trinajstić information content (AvgIpc) is 1.38. The molecule has 4 nitrogen and oxygen atoms in total. The Bertz CT molecular complexity index is 3880. The molecule has 0 bridgehead atoms. The van der Waals surface area contributed by atoms with Crippen molar-refractivity contribution in [2.45, 2.75) is 152 Å². The van der Waals surface area contributed by atoms with E-state index >= 15 is 4.79 Å². The molecule has 91 heavy (non-hydrogen) atoms. The van der Waals surface area contributed by atoms with Crippen molar-refractivity contribution >= 4 is 40.1 Å². The SMILES string of the molecule is Cc1ccccc1N(c1ccccc1C)c1c(C)c(N(c2ccccc2C)c2ccccc2C)c(C)c(C2(C(C)CCC(=O)OC(C)C(C)C)C34C=C5CC6CC7CC8CC9CC%10CC%11CC(C3)C3C%11C%11C%10C%10C9C8C8C7C7C6C5C5C6C7C8C%10C%11C6C3C542)c1C. The first-order valence-corrected chi connectivity index (χ1v) is 38.0. The fraction of sp³-hybridized carbons (Fsp3) is 0.621. The number of para-hydroxylation sites is 4. The molecule has 5 aromatic carbocycles. The fourth-order valence-corrected chi connectivity index (χ4v) is 34.2. The number of allylic oxidation sites excluding steroid dienone is 2. The van der Waals surface area contributed by atoms with Gasteiger partial charge in [-0.1, -0.05) is 105 Å². The van der Waals surface area contributed by atoms with Crippen LogP contribution < -0.4 is 9.80 Å². The lowest BCUT2D eigenvalue weighted by Crippen LogP contribution is -2.58. The van der Waals surface area contributed by atoms with Crippen LogP contribution in [0.4, 0.5) is 34.1 Å². The molecule has 32 atom stereocenters. The summed E-state index contributed by atoms with van der Waals surface area (Å²) in [6, 6.07) is 37.4. The van der Waals surface area contributed by atoms with Crippen LogP contribution in [0.15, 0.2) is 109 Å². The summed E-state index contributed by atoms with van der Waals surface area (Å²) < 4.78 is 6.57. The maximum absolute atomic E-state index is 15.0. The smallest absolute Gasteiger partial charge is 0.306 e. The number of carbonyl (C=O) groups is 1. The van der Waals surface area contributed by atoms with Gasteiger partial charge < -0.3 is 14.5 Å². The van der Waals surface area contributed by atoms with Crippen LogP contribution in [0.1, 0.15) is 136 Å². The number of hydrogen-bond donors (Lipinski definition) is 0. The van der Waals surface area contributed by atoms with Crippen molar-refractivity contribution in [3.63, 3.8) is 0 Å². The maximum Gasteiger partial charge on any atom is 0.306 e. The molecule has 17 aliphatic rings. The molecule has 16 saturated carbocycles. The van der Waals surface area contributed by atoms with E-state index in [-0.39, 0.29) is 40.2 Å². The number of rotatable bonds is 13. The number of aryl methyl sites for hydroxylation is 4. The van der Waals surface area contributed by atoms with E-state index in [9.17, 15) is 0 Å². The van der Waals surface area contributed by atoms with Gasteiger partial charge in [-0.05, 0) is 359 Å². The van der Waals surface area contributed by atoms with E-state index in [2.05, 4.69) is 189 Å². The molecular weight excluding hydrogens is 1100 g/mol. The molecule has 0 aliphatic heterocycles. The molecule has 0 aromatic heterocycles. The predicted octanol–water partition coefficient (Wildman–Crippen LogP) is 19.9. The maximum atomic E-state index is 15.0. The van der Waals surface area contributed by atoms with Crippen molar-refractivity contribution in [3.8, 4) is 0 Å². The van der Waals surface area contributed by atoms with Gasteiger partial charge in [0.25, 0.3) is 0 Å². The summed E-state index contributed by atoms with van der Waals surface area (Å²) in [6.07, 6.45) is 17.0. The van der Waals surface area contributed by atoms with Crippen LogP contribution in [0, 0.1) is 231 Å². The van der Waals surface area contributed by atoms with Crippen molar-refractivity contribution in [2.75, 3.05) is 9.80 Å². The third kappa shape index (κ3) is 5.74. The largest absolute Gasteiger partial charge is 0.462 e. The summed E-state index contributed by atoms with van der Waals surface area (Å²) in [5, 5.41) is 0. The highest BCUT2D eigenvalue weighted by Crippen LogP contribution is 3.04. The van der Waals surface area contributed by atoms with Crippen LogP contribution in [0.3, 0.4) is 0 Å². The van der Waals surface area contributed by atoms with Gasteiger partial charge in [0.05, 0.1) is 11.4 Å². The minimum atomic E-state index is -0.191. The summed E-state index contributed by atoms with van der Waals surface area (Å²) in [7, 11) is 0. The molecule has 16 fully saturated rings. The second kappa shape index (κ2) is 17.5. The van der Waals surface area contributed by atoms with Gasteiger partial charge in [-0.3, -0.25) is 4.79 Å².